The highest BCUT2D eigenvalue weighted by Crippen LogP contribution is 2.53. The molecule has 0 aliphatic heterocycles. The fourth-order valence-corrected chi connectivity index (χ4v) is 4.22. The molecule has 7 heteroatoms. The Morgan fingerprint density at radius 3 is 2.46 bits per heavy atom. The lowest BCUT2D eigenvalue weighted by molar-refractivity contribution is -0.331. The van der Waals surface area contributed by atoms with Gasteiger partial charge in [0.05, 0.1) is 5.56 Å². The summed E-state index contributed by atoms with van der Waals surface area (Å²) in [5.41, 5.74) is -0.119. The van der Waals surface area contributed by atoms with Gasteiger partial charge in [-0.15, -0.1) is 0 Å². The van der Waals surface area contributed by atoms with Gasteiger partial charge in [0.1, 0.15) is 17.3 Å². The molecule has 0 saturated heterocycles. The number of fused-ring (bicyclic) bond motifs is 2. The van der Waals surface area contributed by atoms with E-state index >= 15 is 0 Å². The van der Waals surface area contributed by atoms with Gasteiger partial charge in [-0.2, -0.15) is 8.78 Å². The van der Waals surface area contributed by atoms with E-state index in [4.69, 9.17) is 4.74 Å². The van der Waals surface area contributed by atoms with Gasteiger partial charge in [-0.1, -0.05) is 6.92 Å². The third-order valence-corrected chi connectivity index (χ3v) is 5.61. The molecule has 2 aliphatic carbocycles. The van der Waals surface area contributed by atoms with Crippen LogP contribution in [0, 0.1) is 11.8 Å². The Labute approximate surface area is 150 Å². The van der Waals surface area contributed by atoms with Crippen molar-refractivity contribution in [2.24, 2.45) is 11.8 Å². The van der Waals surface area contributed by atoms with Crippen molar-refractivity contribution in [3.8, 4) is 5.75 Å². The lowest BCUT2D eigenvalue weighted by atomic mass is 9.82. The fraction of sp³-hybridized carbons (Fsp3) is 0.579. The van der Waals surface area contributed by atoms with Crippen LogP contribution in [0.2, 0.25) is 0 Å². The average molecular weight is 367 g/mol. The Bertz CT molecular complexity index is 688. The van der Waals surface area contributed by atoms with Gasteiger partial charge in [-0.3, -0.25) is 0 Å². The average Bonchev–Trinajstić information content (AvgIpc) is 3.21. The first-order chi connectivity index (χ1) is 12.3. The van der Waals surface area contributed by atoms with E-state index in [0.29, 0.717) is 11.7 Å². The Morgan fingerprint density at radius 1 is 1.27 bits per heavy atom. The molecule has 0 spiro atoms. The molecule has 1 aromatic rings. The molecule has 3 atom stereocenters. The molecule has 5 nitrogen and oxygen atoms in total. The minimum Gasteiger partial charge on any atom is -0.544 e. The minimum absolute atomic E-state index is 0.0463. The van der Waals surface area contributed by atoms with Crippen LogP contribution >= 0.6 is 0 Å². The van der Waals surface area contributed by atoms with Crippen molar-refractivity contribution in [2.45, 2.75) is 50.6 Å². The maximum Gasteiger partial charge on any atom is 0.338 e. The van der Waals surface area contributed by atoms with E-state index in [0.717, 1.165) is 18.8 Å². The standard InChI is InChI=1S/C19H22F2O5/c1-2-18(10-12-3-6-14(18)9-12)26-15-7-4-13(5-8-15)16(22)25-11-19(20,21)17(23)24/h4-5,7-8,12,14H,2-3,6,9-11H2,1H3,(H,23,24)/p-1. The van der Waals surface area contributed by atoms with E-state index in [-0.39, 0.29) is 11.2 Å². The number of esters is 1. The van der Waals surface area contributed by atoms with Crippen molar-refractivity contribution >= 4 is 11.9 Å². The van der Waals surface area contributed by atoms with Crippen molar-refractivity contribution < 1.29 is 33.0 Å². The molecule has 2 saturated carbocycles. The smallest absolute Gasteiger partial charge is 0.338 e. The van der Waals surface area contributed by atoms with Gasteiger partial charge in [0.2, 0.25) is 0 Å². The second-order valence-electron chi connectivity index (χ2n) is 7.19. The Balaban J connectivity index is 1.61. The topological polar surface area (TPSA) is 75.7 Å². The van der Waals surface area contributed by atoms with E-state index in [2.05, 4.69) is 11.7 Å². The Morgan fingerprint density at radius 2 is 1.96 bits per heavy atom. The van der Waals surface area contributed by atoms with Crippen molar-refractivity contribution in [2.75, 3.05) is 6.61 Å². The first-order valence-corrected chi connectivity index (χ1v) is 8.81. The second-order valence-corrected chi connectivity index (χ2v) is 7.19. The number of benzene rings is 1. The Kier molecular flexibility index (Phi) is 4.90. The van der Waals surface area contributed by atoms with Crippen molar-refractivity contribution in [1.29, 1.82) is 0 Å². The number of carbonyl (C=O) groups excluding carboxylic acids is 2. The van der Waals surface area contributed by atoms with Gasteiger partial charge < -0.3 is 19.4 Å². The molecule has 2 fully saturated rings. The number of carboxylic acids is 1. The van der Waals surface area contributed by atoms with Crippen LogP contribution in [0.15, 0.2) is 24.3 Å². The molecule has 142 valence electrons. The van der Waals surface area contributed by atoms with E-state index in [1.807, 2.05) is 0 Å². The van der Waals surface area contributed by atoms with Crippen LogP contribution < -0.4 is 9.84 Å². The number of alkyl halides is 2. The highest BCUT2D eigenvalue weighted by atomic mass is 19.3. The molecular formula is C19H21F2O5-. The number of carbonyl (C=O) groups is 2. The summed E-state index contributed by atoms with van der Waals surface area (Å²) in [6, 6.07) is 6.06. The summed E-state index contributed by atoms with van der Waals surface area (Å²) >= 11 is 0. The maximum absolute atomic E-state index is 12.9. The van der Waals surface area contributed by atoms with E-state index < -0.39 is 24.5 Å². The van der Waals surface area contributed by atoms with Gasteiger partial charge in [-0.25, -0.2) is 4.79 Å². The van der Waals surface area contributed by atoms with Crippen LogP contribution in [0.4, 0.5) is 8.78 Å². The molecule has 2 bridgehead atoms. The van der Waals surface area contributed by atoms with Crippen LogP contribution in [-0.2, 0) is 9.53 Å². The van der Waals surface area contributed by atoms with Crippen LogP contribution in [0.3, 0.4) is 0 Å². The number of halogens is 2. The molecule has 0 heterocycles. The molecule has 0 aromatic heterocycles. The van der Waals surface area contributed by atoms with Gasteiger partial charge in [0.25, 0.3) is 0 Å². The van der Waals surface area contributed by atoms with Gasteiger partial charge in [0.15, 0.2) is 6.61 Å². The third kappa shape index (κ3) is 3.52. The molecule has 2 aliphatic rings. The maximum atomic E-state index is 12.9. The monoisotopic (exact) mass is 367 g/mol. The predicted molar refractivity (Wildman–Crippen MR) is 85.8 cm³/mol. The zero-order valence-electron chi connectivity index (χ0n) is 14.5. The van der Waals surface area contributed by atoms with Crippen LogP contribution in [0.1, 0.15) is 49.4 Å². The molecule has 0 N–H and O–H groups in total. The van der Waals surface area contributed by atoms with Crippen LogP contribution in [0.5, 0.6) is 5.75 Å². The highest BCUT2D eigenvalue weighted by molar-refractivity contribution is 5.89. The number of hydrogen-bond acceptors (Lipinski definition) is 5. The summed E-state index contributed by atoms with van der Waals surface area (Å²) in [5.74, 6) is -5.93. The van der Waals surface area contributed by atoms with Gasteiger partial charge in [0, 0.05) is 0 Å². The molecule has 3 unspecified atom stereocenters. The van der Waals surface area contributed by atoms with Crippen molar-refractivity contribution in [1.82, 2.24) is 0 Å². The first-order valence-electron chi connectivity index (χ1n) is 8.81. The molecule has 1 aromatic carbocycles. The van der Waals surface area contributed by atoms with Crippen molar-refractivity contribution in [3.05, 3.63) is 29.8 Å². The summed E-state index contributed by atoms with van der Waals surface area (Å²) in [4.78, 5) is 22.0. The van der Waals surface area contributed by atoms with Crippen LogP contribution in [-0.4, -0.2) is 30.1 Å². The minimum atomic E-state index is -4.21. The van der Waals surface area contributed by atoms with Crippen molar-refractivity contribution in [3.63, 3.8) is 0 Å². The quantitative estimate of drug-likeness (QED) is 0.693. The summed E-state index contributed by atoms with van der Waals surface area (Å²) in [5, 5.41) is 10.2. The first kappa shape index (κ1) is 18.6. The van der Waals surface area contributed by atoms with Crippen LogP contribution in [0.25, 0.3) is 0 Å². The fourth-order valence-electron chi connectivity index (χ4n) is 4.22. The summed E-state index contributed by atoms with van der Waals surface area (Å²) in [7, 11) is 0. The number of ether oxygens (including phenoxy) is 2. The number of aliphatic carboxylic acids is 1. The predicted octanol–water partition coefficient (Wildman–Crippen LogP) is 2.58. The molecule has 3 rings (SSSR count). The molecule has 0 radical (unpaired) electrons. The molecular weight excluding hydrogens is 346 g/mol. The van der Waals surface area contributed by atoms with Gasteiger partial charge >= 0.3 is 11.9 Å². The number of rotatable bonds is 7. The summed E-state index contributed by atoms with van der Waals surface area (Å²) in [6.45, 7) is 0.554. The molecule has 0 amide bonds. The third-order valence-electron chi connectivity index (χ3n) is 5.61. The zero-order chi connectivity index (χ0) is 18.9. The lowest BCUT2D eigenvalue weighted by Crippen LogP contribution is -2.45. The normalized spacial score (nSPS) is 27.3. The highest BCUT2D eigenvalue weighted by Gasteiger charge is 2.51. The second kappa shape index (κ2) is 6.85. The van der Waals surface area contributed by atoms with E-state index in [1.165, 1.54) is 31.4 Å². The van der Waals surface area contributed by atoms with Gasteiger partial charge in [-0.05, 0) is 68.2 Å². The number of hydrogen-bond donors (Lipinski definition) is 0. The summed E-state index contributed by atoms with van der Waals surface area (Å²) in [6.07, 6.45) is 5.59. The SMILES string of the molecule is CCC1(Oc2ccc(C(=O)OCC(F)(F)C(=O)[O-])cc2)CC2CCC1C2. The zero-order valence-corrected chi connectivity index (χ0v) is 14.5. The van der Waals surface area contributed by atoms with E-state index in [1.54, 1.807) is 12.1 Å². The summed E-state index contributed by atoms with van der Waals surface area (Å²) < 4.78 is 36.4. The molecule has 26 heavy (non-hydrogen) atoms. The lowest BCUT2D eigenvalue weighted by Gasteiger charge is -2.37. The Hall–Kier alpha value is -2.18. The van der Waals surface area contributed by atoms with E-state index in [9.17, 15) is 23.5 Å². The largest absolute Gasteiger partial charge is 0.544 e. The number of carboxylic acid groups (broad SMARTS) is 1.